The standard InChI is InChI=1S/C24H21FN4S/c25-21-13-11-18(12-14-21)15-26-24(30)27-16-20-17-29(22-9-5-2-6-10-22)28-23(20)19-7-3-1-4-8-19/h1-14,17H,15-16H2,(H2,26,27,30). The highest BCUT2D eigenvalue weighted by molar-refractivity contribution is 7.80. The first kappa shape index (κ1) is 19.8. The van der Waals surface area contributed by atoms with Crippen LogP contribution in [-0.2, 0) is 13.1 Å². The van der Waals surface area contributed by atoms with Crippen LogP contribution in [0.15, 0.2) is 91.1 Å². The maximum Gasteiger partial charge on any atom is 0.166 e. The van der Waals surface area contributed by atoms with Gasteiger partial charge in [0.2, 0.25) is 0 Å². The molecule has 0 aliphatic carbocycles. The van der Waals surface area contributed by atoms with E-state index in [1.165, 1.54) is 12.1 Å². The summed E-state index contributed by atoms with van der Waals surface area (Å²) in [6.45, 7) is 1.06. The highest BCUT2D eigenvalue weighted by Gasteiger charge is 2.12. The lowest BCUT2D eigenvalue weighted by Crippen LogP contribution is -2.34. The minimum absolute atomic E-state index is 0.247. The molecule has 6 heteroatoms. The largest absolute Gasteiger partial charge is 0.359 e. The third kappa shape index (κ3) is 4.90. The number of rotatable bonds is 6. The SMILES string of the molecule is Fc1ccc(CNC(=S)NCc2cn(-c3ccccc3)nc2-c2ccccc2)cc1. The first-order valence-corrected chi connectivity index (χ1v) is 10.1. The Morgan fingerprint density at radius 1 is 0.833 bits per heavy atom. The molecule has 3 aromatic carbocycles. The van der Waals surface area contributed by atoms with Gasteiger partial charge in [0.05, 0.1) is 11.4 Å². The quantitative estimate of drug-likeness (QED) is 0.441. The van der Waals surface area contributed by atoms with E-state index in [2.05, 4.69) is 10.6 Å². The molecule has 0 saturated carbocycles. The molecule has 0 spiro atoms. The van der Waals surface area contributed by atoms with E-state index in [0.29, 0.717) is 18.2 Å². The molecule has 0 bridgehead atoms. The molecule has 0 aliphatic heterocycles. The van der Waals surface area contributed by atoms with Gasteiger partial charge in [-0.25, -0.2) is 9.07 Å². The van der Waals surface area contributed by atoms with Gasteiger partial charge in [-0.05, 0) is 42.0 Å². The van der Waals surface area contributed by atoms with Gasteiger partial charge in [0.25, 0.3) is 0 Å². The number of halogens is 1. The highest BCUT2D eigenvalue weighted by Crippen LogP contribution is 2.23. The molecule has 0 saturated heterocycles. The second kappa shape index (κ2) is 9.33. The van der Waals surface area contributed by atoms with E-state index in [4.69, 9.17) is 17.3 Å². The van der Waals surface area contributed by atoms with Crippen LogP contribution in [0.3, 0.4) is 0 Å². The number of benzene rings is 3. The third-order valence-corrected chi connectivity index (χ3v) is 4.95. The Hall–Kier alpha value is -3.51. The van der Waals surface area contributed by atoms with E-state index in [-0.39, 0.29) is 5.82 Å². The molecule has 1 aromatic heterocycles. The summed E-state index contributed by atoms with van der Waals surface area (Å²) in [7, 11) is 0. The summed E-state index contributed by atoms with van der Waals surface area (Å²) in [6, 6.07) is 26.5. The summed E-state index contributed by atoms with van der Waals surface area (Å²) in [5, 5.41) is 11.7. The molecule has 4 rings (SSSR count). The van der Waals surface area contributed by atoms with Crippen LogP contribution in [-0.4, -0.2) is 14.9 Å². The van der Waals surface area contributed by atoms with Crippen molar-refractivity contribution in [2.75, 3.05) is 0 Å². The van der Waals surface area contributed by atoms with Gasteiger partial charge in [-0.15, -0.1) is 0 Å². The van der Waals surface area contributed by atoms with Gasteiger partial charge in [0.1, 0.15) is 5.82 Å². The van der Waals surface area contributed by atoms with E-state index in [1.54, 1.807) is 12.1 Å². The van der Waals surface area contributed by atoms with Crippen molar-refractivity contribution in [2.45, 2.75) is 13.1 Å². The minimum Gasteiger partial charge on any atom is -0.359 e. The fourth-order valence-corrected chi connectivity index (χ4v) is 3.26. The van der Waals surface area contributed by atoms with Crippen LogP contribution in [0.4, 0.5) is 4.39 Å². The van der Waals surface area contributed by atoms with Crippen LogP contribution in [0.25, 0.3) is 16.9 Å². The van der Waals surface area contributed by atoms with Crippen LogP contribution in [0.5, 0.6) is 0 Å². The lowest BCUT2D eigenvalue weighted by atomic mass is 10.1. The predicted molar refractivity (Wildman–Crippen MR) is 122 cm³/mol. The Balaban J connectivity index is 1.47. The Morgan fingerprint density at radius 3 is 2.17 bits per heavy atom. The Labute approximate surface area is 180 Å². The summed E-state index contributed by atoms with van der Waals surface area (Å²) in [5.41, 5.74) is 4.96. The van der Waals surface area contributed by atoms with Crippen molar-refractivity contribution in [3.63, 3.8) is 0 Å². The van der Waals surface area contributed by atoms with E-state index < -0.39 is 0 Å². The predicted octanol–water partition coefficient (Wildman–Crippen LogP) is 4.84. The summed E-state index contributed by atoms with van der Waals surface area (Å²) in [6.07, 6.45) is 2.02. The molecule has 0 radical (unpaired) electrons. The van der Waals surface area contributed by atoms with Gasteiger partial charge in [0, 0.05) is 30.4 Å². The number of hydrogen-bond donors (Lipinski definition) is 2. The van der Waals surface area contributed by atoms with E-state index in [9.17, 15) is 4.39 Å². The maximum absolute atomic E-state index is 13.0. The number of aromatic nitrogens is 2. The molecular weight excluding hydrogens is 395 g/mol. The second-order valence-corrected chi connectivity index (χ2v) is 7.22. The van der Waals surface area contributed by atoms with Gasteiger partial charge in [0.15, 0.2) is 5.11 Å². The molecule has 1 heterocycles. The van der Waals surface area contributed by atoms with Gasteiger partial charge in [-0.2, -0.15) is 5.10 Å². The summed E-state index contributed by atoms with van der Waals surface area (Å²) in [4.78, 5) is 0. The smallest absolute Gasteiger partial charge is 0.166 e. The van der Waals surface area contributed by atoms with Crippen molar-refractivity contribution in [2.24, 2.45) is 0 Å². The van der Waals surface area contributed by atoms with E-state index in [1.807, 2.05) is 71.5 Å². The molecule has 4 nitrogen and oxygen atoms in total. The zero-order valence-corrected chi connectivity index (χ0v) is 17.1. The highest BCUT2D eigenvalue weighted by atomic mass is 32.1. The van der Waals surface area contributed by atoms with E-state index in [0.717, 1.165) is 28.1 Å². The summed E-state index contributed by atoms with van der Waals surface area (Å²) in [5.74, 6) is -0.247. The average Bonchev–Trinajstić information content (AvgIpc) is 3.23. The van der Waals surface area contributed by atoms with Gasteiger partial charge >= 0.3 is 0 Å². The molecule has 0 atom stereocenters. The fourth-order valence-electron chi connectivity index (χ4n) is 3.11. The molecule has 0 unspecified atom stereocenters. The Kier molecular flexibility index (Phi) is 6.15. The first-order valence-electron chi connectivity index (χ1n) is 9.64. The van der Waals surface area contributed by atoms with Gasteiger partial charge in [-0.1, -0.05) is 60.7 Å². The van der Waals surface area contributed by atoms with Crippen LogP contribution in [0, 0.1) is 5.82 Å². The molecular formula is C24H21FN4S. The van der Waals surface area contributed by atoms with Crippen LogP contribution in [0.2, 0.25) is 0 Å². The lowest BCUT2D eigenvalue weighted by molar-refractivity contribution is 0.626. The van der Waals surface area contributed by atoms with Gasteiger partial charge in [-0.3, -0.25) is 0 Å². The second-order valence-electron chi connectivity index (χ2n) is 6.81. The first-order chi connectivity index (χ1) is 14.7. The third-order valence-electron chi connectivity index (χ3n) is 4.66. The molecule has 4 aromatic rings. The Bertz CT molecular complexity index is 1110. The number of hydrogen-bond acceptors (Lipinski definition) is 2. The van der Waals surface area contributed by atoms with Gasteiger partial charge < -0.3 is 10.6 Å². The van der Waals surface area contributed by atoms with Crippen molar-refractivity contribution in [1.82, 2.24) is 20.4 Å². The van der Waals surface area contributed by atoms with Crippen LogP contribution < -0.4 is 10.6 Å². The number of thiocarbonyl (C=S) groups is 1. The zero-order valence-electron chi connectivity index (χ0n) is 16.3. The van der Waals surface area contributed by atoms with Crippen molar-refractivity contribution in [3.05, 3.63) is 108 Å². The number of nitrogens with one attached hydrogen (secondary N) is 2. The van der Waals surface area contributed by atoms with Crippen molar-refractivity contribution in [3.8, 4) is 16.9 Å². The summed E-state index contributed by atoms with van der Waals surface area (Å²) < 4.78 is 14.9. The van der Waals surface area contributed by atoms with Crippen molar-refractivity contribution < 1.29 is 4.39 Å². The molecule has 0 fully saturated rings. The van der Waals surface area contributed by atoms with Crippen molar-refractivity contribution >= 4 is 17.3 Å². The molecule has 2 N–H and O–H groups in total. The molecule has 150 valence electrons. The number of nitrogens with zero attached hydrogens (tertiary/aromatic N) is 2. The fraction of sp³-hybridized carbons (Fsp3) is 0.0833. The normalized spacial score (nSPS) is 10.6. The van der Waals surface area contributed by atoms with Crippen LogP contribution >= 0.6 is 12.2 Å². The van der Waals surface area contributed by atoms with E-state index >= 15 is 0 Å². The minimum atomic E-state index is -0.247. The topological polar surface area (TPSA) is 41.9 Å². The molecule has 0 aliphatic rings. The summed E-state index contributed by atoms with van der Waals surface area (Å²) >= 11 is 5.41. The maximum atomic E-state index is 13.0. The average molecular weight is 417 g/mol. The number of para-hydroxylation sites is 1. The van der Waals surface area contributed by atoms with Crippen LogP contribution in [0.1, 0.15) is 11.1 Å². The monoisotopic (exact) mass is 416 g/mol. The zero-order chi connectivity index (χ0) is 20.8. The van der Waals surface area contributed by atoms with Crippen molar-refractivity contribution in [1.29, 1.82) is 0 Å². The Morgan fingerprint density at radius 2 is 1.47 bits per heavy atom. The molecule has 30 heavy (non-hydrogen) atoms. The molecule has 0 amide bonds. The lowest BCUT2D eigenvalue weighted by Gasteiger charge is -2.10.